The Kier molecular flexibility index (Phi) is 5.80. The van der Waals surface area contributed by atoms with E-state index in [0.29, 0.717) is 32.7 Å². The van der Waals surface area contributed by atoms with Gasteiger partial charge in [-0.25, -0.2) is 9.55 Å². The molecule has 5 rings (SSSR count). The molecule has 8 nitrogen and oxygen atoms in total. The van der Waals surface area contributed by atoms with Crippen LogP contribution in [0.15, 0.2) is 70.7 Å². The van der Waals surface area contributed by atoms with Gasteiger partial charge in [-0.15, -0.1) is 10.2 Å². The van der Waals surface area contributed by atoms with Crippen LogP contribution in [0.25, 0.3) is 22.4 Å². The molecule has 3 aromatic heterocycles. The normalized spacial score (nSPS) is 11.3. The predicted octanol–water partition coefficient (Wildman–Crippen LogP) is 4.43. The number of aryl methyl sites for hydroxylation is 2. The Hall–Kier alpha value is -3.69. The quantitative estimate of drug-likeness (QED) is 0.366. The SMILES string of the molecule is Cc1ccc(C)c(-n2c(=O)c3ccccc3n3c(SCC(=O)Nc4ccc(Cl)cn4)nnc23)c1. The second-order valence-electron chi connectivity index (χ2n) is 7.76. The summed E-state index contributed by atoms with van der Waals surface area (Å²) in [5.74, 6) is 0.640. The van der Waals surface area contributed by atoms with Gasteiger partial charge in [-0.1, -0.05) is 47.6 Å². The lowest BCUT2D eigenvalue weighted by atomic mass is 10.1. The van der Waals surface area contributed by atoms with Gasteiger partial charge in [0.2, 0.25) is 11.7 Å². The highest BCUT2D eigenvalue weighted by atomic mass is 35.5. The van der Waals surface area contributed by atoms with E-state index in [1.807, 2.05) is 54.6 Å². The number of fused-ring (bicyclic) bond motifs is 3. The molecule has 1 amide bonds. The van der Waals surface area contributed by atoms with Gasteiger partial charge in [0.25, 0.3) is 5.56 Å². The van der Waals surface area contributed by atoms with E-state index in [0.717, 1.165) is 16.8 Å². The molecule has 10 heteroatoms. The number of aromatic nitrogens is 5. The second-order valence-corrected chi connectivity index (χ2v) is 9.14. The summed E-state index contributed by atoms with van der Waals surface area (Å²) in [7, 11) is 0. The molecule has 0 aliphatic carbocycles. The van der Waals surface area contributed by atoms with Gasteiger partial charge >= 0.3 is 0 Å². The lowest BCUT2D eigenvalue weighted by molar-refractivity contribution is -0.113. The summed E-state index contributed by atoms with van der Waals surface area (Å²) in [6.07, 6.45) is 1.47. The summed E-state index contributed by atoms with van der Waals surface area (Å²) in [6, 6.07) is 16.5. The van der Waals surface area contributed by atoms with Crippen LogP contribution in [0.1, 0.15) is 11.1 Å². The molecule has 0 spiro atoms. The lowest BCUT2D eigenvalue weighted by Crippen LogP contribution is -2.22. The first kappa shape index (κ1) is 22.1. The first-order valence-corrected chi connectivity index (χ1v) is 11.8. The summed E-state index contributed by atoms with van der Waals surface area (Å²) in [5.41, 5.74) is 3.22. The number of nitrogens with one attached hydrogen (secondary N) is 1. The zero-order chi connectivity index (χ0) is 23.8. The number of thioether (sulfide) groups is 1. The van der Waals surface area contributed by atoms with Gasteiger partial charge in [0.05, 0.1) is 27.4 Å². The number of pyridine rings is 1. The van der Waals surface area contributed by atoms with Crippen LogP contribution in [0.4, 0.5) is 5.82 Å². The summed E-state index contributed by atoms with van der Waals surface area (Å²) >= 11 is 7.07. The van der Waals surface area contributed by atoms with Gasteiger partial charge in [-0.3, -0.25) is 14.0 Å². The summed E-state index contributed by atoms with van der Waals surface area (Å²) in [4.78, 5) is 30.1. The highest BCUT2D eigenvalue weighted by Gasteiger charge is 2.19. The molecule has 0 saturated carbocycles. The van der Waals surface area contributed by atoms with Crippen molar-refractivity contribution >= 4 is 51.8 Å². The van der Waals surface area contributed by atoms with Crippen molar-refractivity contribution in [2.45, 2.75) is 19.0 Å². The molecule has 34 heavy (non-hydrogen) atoms. The van der Waals surface area contributed by atoms with Crippen molar-refractivity contribution in [3.05, 3.63) is 87.3 Å². The number of halogens is 1. The van der Waals surface area contributed by atoms with Crippen LogP contribution in [0.3, 0.4) is 0 Å². The smallest absolute Gasteiger partial charge is 0.267 e. The molecule has 0 aliphatic rings. The maximum Gasteiger partial charge on any atom is 0.267 e. The fraction of sp³-hybridized carbons (Fsp3) is 0.125. The molecule has 0 fully saturated rings. The Morgan fingerprint density at radius 2 is 1.91 bits per heavy atom. The molecular weight excluding hydrogens is 472 g/mol. The fourth-order valence-corrected chi connectivity index (χ4v) is 4.56. The highest BCUT2D eigenvalue weighted by Crippen LogP contribution is 2.25. The Morgan fingerprint density at radius 3 is 2.71 bits per heavy atom. The van der Waals surface area contributed by atoms with Crippen molar-refractivity contribution in [2.75, 3.05) is 11.1 Å². The Bertz CT molecular complexity index is 1610. The Labute approximate surface area is 203 Å². The van der Waals surface area contributed by atoms with Crippen molar-refractivity contribution in [3.63, 3.8) is 0 Å². The zero-order valence-corrected chi connectivity index (χ0v) is 19.9. The van der Waals surface area contributed by atoms with Crippen molar-refractivity contribution < 1.29 is 4.79 Å². The number of para-hydroxylation sites is 1. The first-order valence-electron chi connectivity index (χ1n) is 10.4. The average Bonchev–Trinajstić information content (AvgIpc) is 3.25. The van der Waals surface area contributed by atoms with Crippen LogP contribution >= 0.6 is 23.4 Å². The van der Waals surface area contributed by atoms with E-state index in [2.05, 4.69) is 20.5 Å². The van der Waals surface area contributed by atoms with Crippen LogP contribution in [-0.4, -0.2) is 35.8 Å². The third-order valence-electron chi connectivity index (χ3n) is 5.33. The molecule has 2 aromatic carbocycles. The maximum absolute atomic E-state index is 13.5. The standard InChI is InChI=1S/C24H19ClN6O2S/c1-14-7-8-15(2)19(11-14)30-22(33)17-5-3-4-6-18(17)31-23(30)28-29-24(31)34-13-21(32)27-20-10-9-16(25)12-26-20/h3-12H,13H2,1-2H3,(H,26,27,32). The predicted molar refractivity (Wildman–Crippen MR) is 134 cm³/mol. The zero-order valence-electron chi connectivity index (χ0n) is 18.3. The minimum absolute atomic E-state index is 0.0853. The Morgan fingerprint density at radius 1 is 1.09 bits per heavy atom. The third-order valence-corrected chi connectivity index (χ3v) is 6.48. The second kappa shape index (κ2) is 8.92. The molecule has 3 heterocycles. The van der Waals surface area contributed by atoms with E-state index in [4.69, 9.17) is 11.6 Å². The molecular formula is C24H19ClN6O2S. The van der Waals surface area contributed by atoms with E-state index in [1.165, 1.54) is 18.0 Å². The van der Waals surface area contributed by atoms with Gasteiger partial charge in [0.15, 0.2) is 5.16 Å². The summed E-state index contributed by atoms with van der Waals surface area (Å²) in [6.45, 7) is 3.93. The molecule has 0 radical (unpaired) electrons. The maximum atomic E-state index is 13.5. The van der Waals surface area contributed by atoms with Crippen molar-refractivity contribution in [1.82, 2.24) is 24.1 Å². The van der Waals surface area contributed by atoms with Crippen molar-refractivity contribution in [3.8, 4) is 5.69 Å². The fourth-order valence-electron chi connectivity index (χ4n) is 3.71. The first-order chi connectivity index (χ1) is 16.4. The van der Waals surface area contributed by atoms with Crippen molar-refractivity contribution in [2.24, 2.45) is 0 Å². The number of hydrogen-bond donors (Lipinski definition) is 1. The number of hydrogen-bond acceptors (Lipinski definition) is 6. The van der Waals surface area contributed by atoms with E-state index in [1.54, 1.807) is 22.8 Å². The van der Waals surface area contributed by atoms with Gasteiger partial charge in [-0.05, 0) is 55.3 Å². The monoisotopic (exact) mass is 490 g/mol. The van der Waals surface area contributed by atoms with Gasteiger partial charge < -0.3 is 5.32 Å². The molecule has 170 valence electrons. The van der Waals surface area contributed by atoms with E-state index in [9.17, 15) is 9.59 Å². The minimum atomic E-state index is -0.247. The van der Waals surface area contributed by atoms with Crippen LogP contribution in [-0.2, 0) is 4.79 Å². The van der Waals surface area contributed by atoms with Gasteiger partial charge in [0, 0.05) is 6.20 Å². The van der Waals surface area contributed by atoms with E-state index < -0.39 is 0 Å². The molecule has 0 atom stereocenters. The average molecular weight is 491 g/mol. The number of rotatable bonds is 5. The minimum Gasteiger partial charge on any atom is -0.310 e. The highest BCUT2D eigenvalue weighted by molar-refractivity contribution is 7.99. The Balaban J connectivity index is 1.57. The number of carbonyl (C=O) groups is 1. The number of carbonyl (C=O) groups excluding carboxylic acids is 1. The molecule has 0 saturated heterocycles. The van der Waals surface area contributed by atoms with E-state index in [-0.39, 0.29) is 17.2 Å². The van der Waals surface area contributed by atoms with E-state index >= 15 is 0 Å². The number of benzene rings is 2. The lowest BCUT2D eigenvalue weighted by Gasteiger charge is -2.14. The molecule has 5 aromatic rings. The van der Waals surface area contributed by atoms with Crippen LogP contribution < -0.4 is 10.9 Å². The number of anilines is 1. The summed E-state index contributed by atoms with van der Waals surface area (Å²) in [5, 5.41) is 12.9. The topological polar surface area (TPSA) is 94.2 Å². The molecule has 0 aliphatic heterocycles. The van der Waals surface area contributed by atoms with Crippen molar-refractivity contribution in [1.29, 1.82) is 0 Å². The van der Waals surface area contributed by atoms with Gasteiger partial charge in [0.1, 0.15) is 5.82 Å². The number of nitrogens with zero attached hydrogens (tertiary/aromatic N) is 5. The molecule has 1 N–H and O–H groups in total. The molecule has 0 unspecified atom stereocenters. The summed E-state index contributed by atoms with van der Waals surface area (Å²) < 4.78 is 3.40. The van der Waals surface area contributed by atoms with Crippen LogP contribution in [0.5, 0.6) is 0 Å². The largest absolute Gasteiger partial charge is 0.310 e. The van der Waals surface area contributed by atoms with Crippen LogP contribution in [0, 0.1) is 13.8 Å². The van der Waals surface area contributed by atoms with Crippen LogP contribution in [0.2, 0.25) is 5.02 Å². The molecule has 0 bridgehead atoms. The van der Waals surface area contributed by atoms with Gasteiger partial charge in [-0.2, -0.15) is 0 Å². The third kappa shape index (κ3) is 4.04. The number of amides is 1.